The number of Topliss-reactive ketones (excluding diaryl/α,β-unsaturated/α-hetero) is 1. The molecule has 0 aliphatic carbocycles. The third-order valence-corrected chi connectivity index (χ3v) is 8.91. The van der Waals surface area contributed by atoms with Crippen LogP contribution in [0.5, 0.6) is 0 Å². The molecule has 0 bridgehead atoms. The Hall–Kier alpha value is -2.25. The Morgan fingerprint density at radius 2 is 1.65 bits per heavy atom. The molecule has 2 aromatic rings. The quantitative estimate of drug-likeness (QED) is 0.504. The van der Waals surface area contributed by atoms with E-state index in [1.807, 2.05) is 26.8 Å². The summed E-state index contributed by atoms with van der Waals surface area (Å²) in [4.78, 5) is 15.0. The summed E-state index contributed by atoms with van der Waals surface area (Å²) < 4.78 is 45.3. The van der Waals surface area contributed by atoms with Crippen LogP contribution in [0.2, 0.25) is 0 Å². The van der Waals surface area contributed by atoms with Gasteiger partial charge in [-0.1, -0.05) is 37.3 Å². The number of halogens is 1. The van der Waals surface area contributed by atoms with Gasteiger partial charge < -0.3 is 9.64 Å². The molecule has 34 heavy (non-hydrogen) atoms. The van der Waals surface area contributed by atoms with Crippen molar-refractivity contribution in [2.24, 2.45) is 0 Å². The van der Waals surface area contributed by atoms with Crippen LogP contribution in [0.15, 0.2) is 36.4 Å². The fourth-order valence-corrected chi connectivity index (χ4v) is 5.37. The van der Waals surface area contributed by atoms with Crippen molar-refractivity contribution in [1.29, 1.82) is 0 Å². The molecule has 1 fully saturated rings. The smallest absolute Gasteiger partial charge is 0.167 e. The van der Waals surface area contributed by atoms with Gasteiger partial charge in [-0.15, -0.1) is 0 Å². The molecule has 5 nitrogen and oxygen atoms in total. The predicted molar refractivity (Wildman–Crippen MR) is 135 cm³/mol. The first-order valence-electron chi connectivity index (χ1n) is 11.9. The summed E-state index contributed by atoms with van der Waals surface area (Å²) in [7, 11) is -3.31. The number of sulfone groups is 1. The van der Waals surface area contributed by atoms with E-state index >= 15 is 4.39 Å². The van der Waals surface area contributed by atoms with E-state index in [0.717, 1.165) is 5.69 Å². The lowest BCUT2D eigenvalue weighted by Gasteiger charge is -2.38. The monoisotopic (exact) mass is 489 g/mol. The molecule has 0 N–H and O–H groups in total. The van der Waals surface area contributed by atoms with Gasteiger partial charge in [0.15, 0.2) is 15.6 Å². The maximum Gasteiger partial charge on any atom is 0.167 e. The fraction of sp³-hybridized carbons (Fsp3) is 0.519. The number of ketones is 1. The first-order valence-corrected chi connectivity index (χ1v) is 13.5. The lowest BCUT2D eigenvalue weighted by atomic mass is 9.97. The third-order valence-electron chi connectivity index (χ3n) is 6.33. The van der Waals surface area contributed by atoms with Crippen LogP contribution in [0.4, 0.5) is 10.1 Å². The number of hydrogen-bond donors (Lipinski definition) is 0. The summed E-state index contributed by atoms with van der Waals surface area (Å²) in [5, 5.41) is 0. The molecule has 1 heterocycles. The highest BCUT2D eigenvalue weighted by Gasteiger charge is 2.29. The number of morpholine rings is 1. The minimum atomic E-state index is -3.31. The number of carbonyl (C=O) groups excluding carboxylic acids is 1. The number of benzene rings is 2. The summed E-state index contributed by atoms with van der Waals surface area (Å²) in [6, 6.07) is 10.2. The Bertz CT molecular complexity index is 1130. The van der Waals surface area contributed by atoms with Gasteiger partial charge in [0.1, 0.15) is 5.82 Å². The molecule has 0 amide bonds. The first kappa shape index (κ1) is 26.4. The van der Waals surface area contributed by atoms with E-state index in [1.165, 1.54) is 0 Å². The van der Waals surface area contributed by atoms with Crippen molar-refractivity contribution in [3.63, 3.8) is 0 Å². The van der Waals surface area contributed by atoms with Crippen molar-refractivity contribution >= 4 is 21.3 Å². The molecule has 0 aromatic heterocycles. The summed E-state index contributed by atoms with van der Waals surface area (Å²) in [6.07, 6.45) is 0.618. The number of carbonyl (C=O) groups is 1. The Morgan fingerprint density at radius 3 is 2.18 bits per heavy atom. The molecule has 2 atom stereocenters. The Kier molecular flexibility index (Phi) is 7.88. The topological polar surface area (TPSA) is 63.7 Å². The summed E-state index contributed by atoms with van der Waals surface area (Å²) in [5.74, 6) is -0.611. The van der Waals surface area contributed by atoms with Gasteiger partial charge >= 0.3 is 0 Å². The second-order valence-corrected chi connectivity index (χ2v) is 13.0. The second kappa shape index (κ2) is 10.2. The predicted octanol–water partition coefficient (Wildman–Crippen LogP) is 5.14. The fourth-order valence-electron chi connectivity index (χ4n) is 4.30. The van der Waals surface area contributed by atoms with Crippen LogP contribution in [0.3, 0.4) is 0 Å². The highest BCUT2D eigenvalue weighted by Crippen LogP contribution is 2.30. The number of hydrogen-bond acceptors (Lipinski definition) is 5. The van der Waals surface area contributed by atoms with E-state index in [-0.39, 0.29) is 36.0 Å². The highest BCUT2D eigenvalue weighted by molar-refractivity contribution is 7.91. The maximum absolute atomic E-state index is 15.4. The molecule has 0 spiro atoms. The van der Waals surface area contributed by atoms with Gasteiger partial charge in [0.25, 0.3) is 0 Å². The van der Waals surface area contributed by atoms with Gasteiger partial charge in [0, 0.05) is 36.3 Å². The Morgan fingerprint density at radius 1 is 1.06 bits per heavy atom. The van der Waals surface area contributed by atoms with Crippen LogP contribution in [-0.2, 0) is 33.2 Å². The standard InChI is InChI=1S/C27H36FNO4S/c1-7-23-24(29-15-18(2)33-19(3)16-29)13-12-22(26(23)28)14-25(30)21-10-8-20(9-11-21)17-34(31,32)27(4,5)6/h8-13,18-19H,7,14-17H2,1-6H3/t18-,19+. The Labute approximate surface area is 203 Å². The average Bonchev–Trinajstić information content (AvgIpc) is 2.73. The first-order chi connectivity index (χ1) is 15.8. The molecule has 186 valence electrons. The third kappa shape index (κ3) is 5.87. The van der Waals surface area contributed by atoms with E-state index in [1.54, 1.807) is 51.1 Å². The second-order valence-electron chi connectivity index (χ2n) is 10.2. The summed E-state index contributed by atoms with van der Waals surface area (Å²) >= 11 is 0. The van der Waals surface area contributed by atoms with E-state index in [0.29, 0.717) is 41.8 Å². The normalized spacial score (nSPS) is 19.3. The molecule has 2 aromatic carbocycles. The molecule has 7 heteroatoms. The largest absolute Gasteiger partial charge is 0.372 e. The lowest BCUT2D eigenvalue weighted by molar-refractivity contribution is -0.00528. The van der Waals surface area contributed by atoms with Crippen LogP contribution in [-0.4, -0.2) is 44.2 Å². The molecular weight excluding hydrogens is 453 g/mol. The maximum atomic E-state index is 15.4. The molecule has 1 aliphatic heterocycles. The van der Waals surface area contributed by atoms with Crippen molar-refractivity contribution in [3.8, 4) is 0 Å². The zero-order chi connectivity index (χ0) is 25.3. The van der Waals surface area contributed by atoms with E-state index in [4.69, 9.17) is 4.74 Å². The van der Waals surface area contributed by atoms with E-state index in [9.17, 15) is 13.2 Å². The van der Waals surface area contributed by atoms with Crippen molar-refractivity contribution in [2.75, 3.05) is 18.0 Å². The Balaban J connectivity index is 1.77. The van der Waals surface area contributed by atoms with Gasteiger partial charge in [0.2, 0.25) is 0 Å². The lowest BCUT2D eigenvalue weighted by Crippen LogP contribution is -2.46. The number of nitrogens with zero attached hydrogens (tertiary/aromatic N) is 1. The van der Waals surface area contributed by atoms with Crippen molar-refractivity contribution in [1.82, 2.24) is 0 Å². The number of anilines is 1. The summed E-state index contributed by atoms with van der Waals surface area (Å²) in [6.45, 7) is 12.4. The minimum Gasteiger partial charge on any atom is -0.372 e. The van der Waals surface area contributed by atoms with Gasteiger partial charge in [-0.3, -0.25) is 4.79 Å². The van der Waals surface area contributed by atoms with Crippen molar-refractivity contribution < 1.29 is 22.3 Å². The van der Waals surface area contributed by atoms with Crippen LogP contribution < -0.4 is 4.90 Å². The van der Waals surface area contributed by atoms with Crippen LogP contribution in [0.1, 0.15) is 68.6 Å². The molecule has 1 aliphatic rings. The van der Waals surface area contributed by atoms with Crippen LogP contribution in [0.25, 0.3) is 0 Å². The number of ether oxygens (including phenoxy) is 1. The highest BCUT2D eigenvalue weighted by atomic mass is 32.2. The minimum absolute atomic E-state index is 0.0470. The zero-order valence-corrected chi connectivity index (χ0v) is 21.8. The van der Waals surface area contributed by atoms with E-state index < -0.39 is 14.6 Å². The SMILES string of the molecule is CCc1c(N2C[C@@H](C)O[C@@H](C)C2)ccc(CC(=O)c2ccc(CS(=O)(=O)C(C)(C)C)cc2)c1F. The molecule has 3 rings (SSSR count). The average molecular weight is 490 g/mol. The summed E-state index contributed by atoms with van der Waals surface area (Å²) in [5.41, 5.74) is 2.93. The number of rotatable bonds is 7. The molecule has 0 unspecified atom stereocenters. The van der Waals surface area contributed by atoms with Gasteiger partial charge in [-0.05, 0) is 58.2 Å². The molecule has 0 radical (unpaired) electrons. The van der Waals surface area contributed by atoms with Gasteiger partial charge in [-0.25, -0.2) is 12.8 Å². The van der Waals surface area contributed by atoms with Crippen molar-refractivity contribution in [2.45, 2.75) is 77.1 Å². The van der Waals surface area contributed by atoms with Crippen LogP contribution in [0, 0.1) is 5.82 Å². The van der Waals surface area contributed by atoms with Gasteiger partial charge in [-0.2, -0.15) is 0 Å². The molecule has 1 saturated heterocycles. The van der Waals surface area contributed by atoms with Crippen molar-refractivity contribution in [3.05, 3.63) is 64.5 Å². The van der Waals surface area contributed by atoms with Gasteiger partial charge in [0.05, 0.1) is 22.7 Å². The van der Waals surface area contributed by atoms with E-state index in [2.05, 4.69) is 4.90 Å². The molecule has 0 saturated carbocycles. The zero-order valence-electron chi connectivity index (χ0n) is 21.0. The van der Waals surface area contributed by atoms with Crippen LogP contribution >= 0.6 is 0 Å². The molecular formula is C27H36FNO4S.